The van der Waals surface area contributed by atoms with Gasteiger partial charge in [-0.3, -0.25) is 14.4 Å². The number of carbonyl (C=O) groups is 3. The first-order valence-corrected chi connectivity index (χ1v) is 8.81. The third kappa shape index (κ3) is 7.09. The van der Waals surface area contributed by atoms with E-state index >= 15 is 0 Å². The van der Waals surface area contributed by atoms with E-state index in [1.54, 1.807) is 0 Å². The van der Waals surface area contributed by atoms with E-state index in [1.807, 2.05) is 0 Å². The lowest BCUT2D eigenvalue weighted by molar-refractivity contribution is -0.149. The predicted octanol–water partition coefficient (Wildman–Crippen LogP) is 3.80. The predicted molar refractivity (Wildman–Crippen MR) is 97.7 cm³/mol. The van der Waals surface area contributed by atoms with Crippen LogP contribution in [0.3, 0.4) is 0 Å². The van der Waals surface area contributed by atoms with Crippen molar-refractivity contribution in [2.24, 2.45) is 11.8 Å². The van der Waals surface area contributed by atoms with E-state index in [-0.39, 0.29) is 17.5 Å². The summed E-state index contributed by atoms with van der Waals surface area (Å²) in [4.78, 5) is 34.7. The van der Waals surface area contributed by atoms with Crippen LogP contribution < -0.4 is 0 Å². The minimum absolute atomic E-state index is 0.00960. The van der Waals surface area contributed by atoms with Gasteiger partial charge in [-0.25, -0.2) is 0 Å². The van der Waals surface area contributed by atoms with Crippen molar-refractivity contribution in [1.29, 1.82) is 0 Å². The lowest BCUT2D eigenvalue weighted by Gasteiger charge is -2.15. The molecule has 136 valence electrons. The molecule has 0 unspecified atom stereocenters. The summed E-state index contributed by atoms with van der Waals surface area (Å²) in [5.74, 6) is 1.06. The Balaban J connectivity index is 2.34. The van der Waals surface area contributed by atoms with Crippen LogP contribution in [0.2, 0.25) is 0 Å². The fourth-order valence-electron chi connectivity index (χ4n) is 3.18. The fourth-order valence-corrected chi connectivity index (χ4v) is 3.18. The molecule has 0 saturated heterocycles. The Morgan fingerprint density at radius 1 is 1.32 bits per heavy atom. The highest BCUT2D eigenvalue weighted by molar-refractivity contribution is 6.00. The van der Waals surface area contributed by atoms with E-state index in [2.05, 4.69) is 25.5 Å². The topological polar surface area (TPSA) is 60.4 Å². The first kappa shape index (κ1) is 20.9. The van der Waals surface area contributed by atoms with Gasteiger partial charge in [0.25, 0.3) is 0 Å². The van der Waals surface area contributed by atoms with Gasteiger partial charge in [-0.2, -0.15) is 0 Å². The molecule has 1 aliphatic carbocycles. The van der Waals surface area contributed by atoms with E-state index in [9.17, 15) is 14.4 Å². The summed E-state index contributed by atoms with van der Waals surface area (Å²) in [5, 5.41) is 0. The zero-order valence-electron chi connectivity index (χ0n) is 15.3. The minimum Gasteiger partial charge on any atom is -0.468 e. The van der Waals surface area contributed by atoms with Crippen molar-refractivity contribution >= 4 is 17.5 Å². The standard InChI is InChI=1S/C21H28O4/c1-5-18(22)13-11-16(3)10-9-15(2)7-6-8-17-12-14-19(23)20(17)21(24)25-4/h1,7,17,20H,3,6,8-14H2,2,4H3/b15-7+/t17-,20+/m1/s1. The molecule has 0 aromatic carbocycles. The molecule has 0 radical (unpaired) electrons. The molecule has 25 heavy (non-hydrogen) atoms. The molecule has 0 aromatic heterocycles. The average Bonchev–Trinajstić information content (AvgIpc) is 2.97. The van der Waals surface area contributed by atoms with Crippen LogP contribution in [-0.2, 0) is 19.1 Å². The maximum atomic E-state index is 11.8. The summed E-state index contributed by atoms with van der Waals surface area (Å²) in [5.41, 5.74) is 2.28. The SMILES string of the molecule is C#CC(=O)CCC(=C)CC/C(C)=C/CC[C@@H]1CCC(=O)[C@H]1C(=O)OC. The molecular weight excluding hydrogens is 316 g/mol. The highest BCUT2D eigenvalue weighted by Crippen LogP contribution is 2.33. The zero-order valence-corrected chi connectivity index (χ0v) is 15.3. The second kappa shape index (κ2) is 10.7. The monoisotopic (exact) mass is 344 g/mol. The molecule has 0 aliphatic heterocycles. The van der Waals surface area contributed by atoms with Crippen molar-refractivity contribution in [3.05, 3.63) is 23.8 Å². The van der Waals surface area contributed by atoms with Crippen LogP contribution in [0.4, 0.5) is 0 Å². The van der Waals surface area contributed by atoms with Gasteiger partial charge in [0.15, 0.2) is 0 Å². The number of methoxy groups -OCH3 is 1. The molecule has 1 fully saturated rings. The largest absolute Gasteiger partial charge is 0.468 e. The first-order chi connectivity index (χ1) is 11.9. The Labute approximate surface area is 150 Å². The Morgan fingerprint density at radius 3 is 2.64 bits per heavy atom. The van der Waals surface area contributed by atoms with Crippen LogP contribution in [0.1, 0.15) is 58.3 Å². The van der Waals surface area contributed by atoms with Crippen molar-refractivity contribution in [1.82, 2.24) is 0 Å². The van der Waals surface area contributed by atoms with Crippen LogP contribution >= 0.6 is 0 Å². The van der Waals surface area contributed by atoms with Gasteiger partial charge in [-0.15, -0.1) is 6.42 Å². The third-order valence-electron chi connectivity index (χ3n) is 4.80. The van der Waals surface area contributed by atoms with E-state index in [1.165, 1.54) is 12.7 Å². The van der Waals surface area contributed by atoms with Crippen LogP contribution in [0.15, 0.2) is 23.8 Å². The van der Waals surface area contributed by atoms with Crippen molar-refractivity contribution in [2.75, 3.05) is 7.11 Å². The van der Waals surface area contributed by atoms with Crippen molar-refractivity contribution in [2.45, 2.75) is 58.3 Å². The average molecular weight is 344 g/mol. The van der Waals surface area contributed by atoms with Crippen LogP contribution in [0, 0.1) is 24.2 Å². The number of rotatable bonds is 10. The summed E-state index contributed by atoms with van der Waals surface area (Å²) in [6, 6.07) is 0. The molecule has 0 bridgehead atoms. The molecule has 4 nitrogen and oxygen atoms in total. The van der Waals surface area contributed by atoms with E-state index in [0.717, 1.165) is 37.7 Å². The van der Waals surface area contributed by atoms with E-state index in [4.69, 9.17) is 11.2 Å². The minimum atomic E-state index is -0.577. The molecule has 0 spiro atoms. The molecule has 1 saturated carbocycles. The molecule has 4 heteroatoms. The van der Waals surface area contributed by atoms with Gasteiger partial charge in [-0.05, 0) is 57.3 Å². The summed E-state index contributed by atoms with van der Waals surface area (Å²) >= 11 is 0. The van der Waals surface area contributed by atoms with Gasteiger partial charge < -0.3 is 4.74 Å². The van der Waals surface area contributed by atoms with Gasteiger partial charge >= 0.3 is 5.97 Å². The quantitative estimate of drug-likeness (QED) is 0.199. The van der Waals surface area contributed by atoms with E-state index < -0.39 is 11.9 Å². The number of hydrogen-bond acceptors (Lipinski definition) is 4. The smallest absolute Gasteiger partial charge is 0.316 e. The number of carbonyl (C=O) groups excluding carboxylic acids is 3. The molecule has 2 atom stereocenters. The molecule has 0 heterocycles. The second-order valence-corrected chi connectivity index (χ2v) is 6.71. The third-order valence-corrected chi connectivity index (χ3v) is 4.80. The van der Waals surface area contributed by atoms with Crippen molar-refractivity contribution in [3.63, 3.8) is 0 Å². The van der Waals surface area contributed by atoms with E-state index in [0.29, 0.717) is 19.3 Å². The number of Topliss-reactive ketones (excluding diaryl/α,β-unsaturated/α-hetero) is 2. The number of esters is 1. The number of ketones is 2. The highest BCUT2D eigenvalue weighted by atomic mass is 16.5. The van der Waals surface area contributed by atoms with Gasteiger partial charge in [0, 0.05) is 12.8 Å². The van der Waals surface area contributed by atoms with Gasteiger partial charge in [0.05, 0.1) is 7.11 Å². The van der Waals surface area contributed by atoms with Crippen LogP contribution in [0.25, 0.3) is 0 Å². The summed E-state index contributed by atoms with van der Waals surface area (Å²) < 4.78 is 4.75. The molecule has 1 rings (SSSR count). The lowest BCUT2D eigenvalue weighted by Crippen LogP contribution is -2.26. The van der Waals surface area contributed by atoms with Gasteiger partial charge in [-0.1, -0.05) is 23.8 Å². The molecular formula is C21H28O4. The highest BCUT2D eigenvalue weighted by Gasteiger charge is 2.40. The Bertz CT molecular complexity index is 592. The number of hydrogen-bond donors (Lipinski definition) is 0. The zero-order chi connectivity index (χ0) is 18.8. The summed E-state index contributed by atoms with van der Waals surface area (Å²) in [6.45, 7) is 6.05. The summed E-state index contributed by atoms with van der Waals surface area (Å²) in [6.07, 6.45) is 12.9. The molecule has 0 amide bonds. The fraction of sp³-hybridized carbons (Fsp3) is 0.571. The van der Waals surface area contributed by atoms with Crippen LogP contribution in [0.5, 0.6) is 0 Å². The van der Waals surface area contributed by atoms with Gasteiger partial charge in [0.1, 0.15) is 11.7 Å². The Kier molecular flexibility index (Phi) is 8.91. The molecule has 0 aromatic rings. The molecule has 1 aliphatic rings. The Morgan fingerprint density at radius 2 is 2.00 bits per heavy atom. The van der Waals surface area contributed by atoms with Gasteiger partial charge in [0.2, 0.25) is 5.78 Å². The number of ether oxygens (including phenoxy) is 1. The maximum Gasteiger partial charge on any atom is 0.316 e. The second-order valence-electron chi connectivity index (χ2n) is 6.71. The summed E-state index contributed by atoms with van der Waals surface area (Å²) in [7, 11) is 1.33. The Hall–Kier alpha value is -2.15. The van der Waals surface area contributed by atoms with Crippen LogP contribution in [-0.4, -0.2) is 24.6 Å². The number of terminal acetylenes is 1. The normalized spacial score (nSPS) is 20.2. The first-order valence-electron chi connectivity index (χ1n) is 8.81. The molecule has 0 N–H and O–H groups in total. The lowest BCUT2D eigenvalue weighted by atomic mass is 9.90. The van der Waals surface area contributed by atoms with Crippen molar-refractivity contribution < 1.29 is 19.1 Å². The van der Waals surface area contributed by atoms with Crippen molar-refractivity contribution in [3.8, 4) is 12.3 Å². The number of allylic oxidation sites excluding steroid dienone is 3. The maximum absolute atomic E-state index is 11.8.